The van der Waals surface area contributed by atoms with Crippen LogP contribution in [0.4, 0.5) is 0 Å². The Balaban J connectivity index is -0.0000000267. The van der Waals surface area contributed by atoms with Crippen molar-refractivity contribution in [2.45, 2.75) is 0 Å². The van der Waals surface area contributed by atoms with Crippen LogP contribution in [-0.4, -0.2) is 66.0 Å². The summed E-state index contributed by atoms with van der Waals surface area (Å²) in [7, 11) is -4.61. The third-order valence-electron chi connectivity index (χ3n) is 0. The topological polar surface area (TPSA) is 80.9 Å². The van der Waals surface area contributed by atoms with E-state index in [2.05, 4.69) is 0 Å². The summed E-state index contributed by atoms with van der Waals surface area (Å²) in [6.45, 7) is 0. The van der Waals surface area contributed by atoms with Crippen LogP contribution < -0.4 is 0 Å². The quantitative estimate of drug-likeness (QED) is 0.338. The van der Waals surface area contributed by atoms with Crippen molar-refractivity contribution < 1.29 is 38.7 Å². The van der Waals surface area contributed by atoms with E-state index in [-0.39, 0.29) is 69.6 Å². The van der Waals surface area contributed by atoms with Gasteiger partial charge in [0.05, 0.1) is 0 Å². The number of hydrogen-bond donors (Lipinski definition) is 4. The fourth-order valence-corrected chi connectivity index (χ4v) is 0. The van der Waals surface area contributed by atoms with E-state index in [0.717, 1.165) is 0 Å². The molecule has 0 atom stereocenters. The average molecular weight is 240 g/mol. The van der Waals surface area contributed by atoms with Crippen molar-refractivity contribution in [2.75, 3.05) is 0 Å². The molecule has 0 bridgehead atoms. The summed E-state index contributed by atoms with van der Waals surface area (Å²) in [6.07, 6.45) is 0. The molecule has 0 aliphatic carbocycles. The van der Waals surface area contributed by atoms with Crippen molar-refractivity contribution >= 4 is 59.2 Å². The second-order valence-corrected chi connectivity index (χ2v) is 1.80. The van der Waals surface area contributed by atoms with Crippen LogP contribution in [0.2, 0.25) is 0 Å². The molecule has 4 N–H and O–H groups in total. The molecule has 0 rings (SSSR count). The Morgan fingerprint density at radius 3 is 0.875 bits per heavy atom. The number of hydrogen-bond acceptors (Lipinski definition) is 4. The summed E-state index contributed by atoms with van der Waals surface area (Å²) in [4.78, 5) is 29.3. The van der Waals surface area contributed by atoms with Gasteiger partial charge in [0.1, 0.15) is 0 Å². The molecule has 46 valence electrons. The summed E-state index contributed by atoms with van der Waals surface area (Å²) < 4.78 is 0. The third-order valence-corrected chi connectivity index (χ3v) is 0. The Bertz CT molecular complexity index is 31.5. The second-order valence-electron chi connectivity index (χ2n) is 0.600. The Labute approximate surface area is 96.6 Å². The molecule has 0 aromatic carbocycles. The molecular formula is H7CaClO4SiZn. The molecule has 0 unspecified atom stereocenters. The van der Waals surface area contributed by atoms with Crippen molar-refractivity contribution in [3.05, 3.63) is 0 Å². The molecule has 0 fully saturated rings. The Kier molecular flexibility index (Phi) is 25.9. The normalized spacial score (nSPS) is 7.50. The third kappa shape index (κ3) is 86.5. The summed E-state index contributed by atoms with van der Waals surface area (Å²) in [6, 6.07) is 0. The predicted molar refractivity (Wildman–Crippen MR) is 30.4 cm³/mol. The minimum atomic E-state index is -4.61. The SMILES string of the molecule is Cl.O[Si](O)(O)O.[CaH2].[Zn]. The summed E-state index contributed by atoms with van der Waals surface area (Å²) in [5, 5.41) is 0. The molecule has 8 heavy (non-hydrogen) atoms. The van der Waals surface area contributed by atoms with E-state index in [1.54, 1.807) is 0 Å². The summed E-state index contributed by atoms with van der Waals surface area (Å²) >= 11 is 0. The molecule has 4 nitrogen and oxygen atoms in total. The maximum atomic E-state index is 7.33. The Hall–Kier alpha value is 2.23. The summed E-state index contributed by atoms with van der Waals surface area (Å²) in [5.74, 6) is 0. The van der Waals surface area contributed by atoms with E-state index in [1.165, 1.54) is 0 Å². The maximum absolute atomic E-state index is 7.33. The van der Waals surface area contributed by atoms with Crippen LogP contribution in [0.1, 0.15) is 0 Å². The van der Waals surface area contributed by atoms with Gasteiger partial charge in [0.15, 0.2) is 0 Å². The molecule has 0 spiro atoms. The largest absolute Gasteiger partial charge is 0 e. The monoisotopic (exact) mass is 238 g/mol. The van der Waals surface area contributed by atoms with Gasteiger partial charge in [-0.15, -0.1) is 12.4 Å². The number of rotatable bonds is 0. The number of halogens is 1. The standard InChI is InChI=1S/Ca.ClH.H4O4Si.Zn.2H/c;;1-5(2,3)4;;;/h;1H;1-4H;;;. The fourth-order valence-electron chi connectivity index (χ4n) is 0. The van der Waals surface area contributed by atoms with Crippen LogP contribution >= 0.6 is 12.4 Å². The molecule has 0 heterocycles. The minimum absolute atomic E-state index is 0. The fraction of sp³-hybridized carbons (Fsp3) is 0. The second kappa shape index (κ2) is 9.23. The van der Waals surface area contributed by atoms with E-state index in [0.29, 0.717) is 0 Å². The van der Waals surface area contributed by atoms with Gasteiger partial charge in [-0.25, -0.2) is 0 Å². The van der Waals surface area contributed by atoms with Crippen molar-refractivity contribution in [3.8, 4) is 0 Å². The Morgan fingerprint density at radius 1 is 0.875 bits per heavy atom. The molecule has 0 saturated heterocycles. The minimum Gasteiger partial charge on any atom is 0 e. The first-order chi connectivity index (χ1) is 2.00. The van der Waals surface area contributed by atoms with Gasteiger partial charge < -0.3 is 19.2 Å². The Morgan fingerprint density at radius 2 is 0.875 bits per heavy atom. The molecule has 0 aliphatic heterocycles. The molecule has 0 aromatic rings. The van der Waals surface area contributed by atoms with Gasteiger partial charge in [-0.05, 0) is 0 Å². The van der Waals surface area contributed by atoms with Gasteiger partial charge in [-0.3, -0.25) is 0 Å². The smallest absolute Gasteiger partial charge is 0 e. The molecule has 0 aromatic heterocycles. The molecule has 0 radical (unpaired) electrons. The van der Waals surface area contributed by atoms with Crippen LogP contribution in [-0.2, 0) is 19.5 Å². The molecular weight excluding hydrogens is 233 g/mol. The van der Waals surface area contributed by atoms with Gasteiger partial charge in [0.25, 0.3) is 0 Å². The van der Waals surface area contributed by atoms with Gasteiger partial charge in [-0.2, -0.15) is 0 Å². The zero-order valence-electron chi connectivity index (χ0n) is 3.40. The molecule has 0 amide bonds. The van der Waals surface area contributed by atoms with Gasteiger partial charge in [-0.1, -0.05) is 0 Å². The van der Waals surface area contributed by atoms with Gasteiger partial charge in [0.2, 0.25) is 0 Å². The molecule has 0 aliphatic rings. The van der Waals surface area contributed by atoms with Crippen molar-refractivity contribution in [1.82, 2.24) is 0 Å². The average Bonchev–Trinajstić information content (AvgIpc) is 0.722. The maximum Gasteiger partial charge on any atom is 0 e. The van der Waals surface area contributed by atoms with Crippen molar-refractivity contribution in [1.29, 1.82) is 0 Å². The van der Waals surface area contributed by atoms with Crippen LogP contribution in [0.3, 0.4) is 0 Å². The summed E-state index contributed by atoms with van der Waals surface area (Å²) in [5.41, 5.74) is 0. The molecule has 8 heteroatoms. The zero-order chi connectivity index (χ0) is 4.50. The van der Waals surface area contributed by atoms with Crippen LogP contribution in [0, 0.1) is 0 Å². The first-order valence-corrected chi connectivity index (χ1v) is 2.68. The van der Waals surface area contributed by atoms with Crippen LogP contribution in [0.15, 0.2) is 0 Å². The van der Waals surface area contributed by atoms with E-state index < -0.39 is 9.05 Å². The van der Waals surface area contributed by atoms with E-state index >= 15 is 0 Å². The van der Waals surface area contributed by atoms with Gasteiger partial charge >= 0.3 is 46.8 Å². The van der Waals surface area contributed by atoms with Crippen LogP contribution in [0.5, 0.6) is 0 Å². The first kappa shape index (κ1) is 22.5. The first-order valence-electron chi connectivity index (χ1n) is 0.894. The van der Waals surface area contributed by atoms with Gasteiger partial charge in [0, 0.05) is 19.5 Å². The van der Waals surface area contributed by atoms with E-state index in [9.17, 15) is 0 Å². The predicted octanol–water partition coefficient (Wildman–Crippen LogP) is -3.11. The van der Waals surface area contributed by atoms with E-state index in [1.807, 2.05) is 0 Å². The molecule has 0 saturated carbocycles. The zero-order valence-corrected chi connectivity index (χ0v) is 8.19. The van der Waals surface area contributed by atoms with E-state index in [4.69, 9.17) is 19.2 Å². The van der Waals surface area contributed by atoms with Crippen molar-refractivity contribution in [3.63, 3.8) is 0 Å². The van der Waals surface area contributed by atoms with Crippen LogP contribution in [0.25, 0.3) is 0 Å². The van der Waals surface area contributed by atoms with Crippen molar-refractivity contribution in [2.24, 2.45) is 0 Å².